The van der Waals surface area contributed by atoms with Gasteiger partial charge in [0.05, 0.1) is 0 Å². The van der Waals surface area contributed by atoms with Gasteiger partial charge in [0.2, 0.25) is 0 Å². The van der Waals surface area contributed by atoms with Crippen molar-refractivity contribution in [2.24, 2.45) is 5.41 Å². The van der Waals surface area contributed by atoms with Gasteiger partial charge in [0.1, 0.15) is 0 Å². The maximum atomic E-state index is 3.68. The molecule has 0 amide bonds. The van der Waals surface area contributed by atoms with Crippen LogP contribution >= 0.6 is 11.8 Å². The first-order valence-corrected chi connectivity index (χ1v) is 9.46. The van der Waals surface area contributed by atoms with Crippen LogP contribution in [0.3, 0.4) is 0 Å². The Morgan fingerprint density at radius 3 is 2.47 bits per heavy atom. The van der Waals surface area contributed by atoms with E-state index in [1.807, 2.05) is 11.8 Å². The Balaban J connectivity index is 2.51. The van der Waals surface area contributed by atoms with E-state index < -0.39 is 0 Å². The first-order chi connectivity index (χ1) is 9.17. The lowest BCUT2D eigenvalue weighted by molar-refractivity contribution is 0.141. The van der Waals surface area contributed by atoms with Crippen molar-refractivity contribution >= 4 is 11.8 Å². The number of nitrogens with zero attached hydrogens (tertiary/aromatic N) is 1. The Bertz CT molecular complexity index is 227. The second-order valence-corrected chi connectivity index (χ2v) is 7.23. The minimum atomic E-state index is 0.551. The monoisotopic (exact) mass is 286 g/mol. The summed E-state index contributed by atoms with van der Waals surface area (Å²) in [4.78, 5) is 2.63. The van der Waals surface area contributed by atoms with Crippen molar-refractivity contribution < 1.29 is 0 Å². The van der Waals surface area contributed by atoms with Crippen molar-refractivity contribution in [3.05, 3.63) is 0 Å². The standard InChI is InChI=1S/C16H34N2S/c1-5-11-17-13-16(9-7-8-10-16)14-18(3)15(6-2)12-19-4/h15,17H,5-14H2,1-4H3. The molecule has 1 aliphatic carbocycles. The van der Waals surface area contributed by atoms with Gasteiger partial charge in [-0.15, -0.1) is 0 Å². The topological polar surface area (TPSA) is 15.3 Å². The minimum Gasteiger partial charge on any atom is -0.316 e. The SMILES string of the molecule is CCCNCC1(CN(C)C(CC)CSC)CCCC1. The molecule has 0 heterocycles. The highest BCUT2D eigenvalue weighted by molar-refractivity contribution is 7.98. The average Bonchev–Trinajstić information content (AvgIpc) is 2.84. The quantitative estimate of drug-likeness (QED) is 0.618. The van der Waals surface area contributed by atoms with Crippen LogP contribution in [0.5, 0.6) is 0 Å². The van der Waals surface area contributed by atoms with Crippen LogP contribution in [-0.2, 0) is 0 Å². The van der Waals surface area contributed by atoms with E-state index >= 15 is 0 Å². The molecule has 0 aromatic heterocycles. The fourth-order valence-electron chi connectivity index (χ4n) is 3.45. The van der Waals surface area contributed by atoms with Gasteiger partial charge in [-0.05, 0) is 50.9 Å². The molecule has 0 aliphatic heterocycles. The summed E-state index contributed by atoms with van der Waals surface area (Å²) in [6.07, 6.45) is 10.5. The van der Waals surface area contributed by atoms with Crippen molar-refractivity contribution in [2.45, 2.75) is 58.4 Å². The molecule has 0 saturated heterocycles. The lowest BCUT2D eigenvalue weighted by atomic mass is 9.85. The molecular formula is C16H34N2S. The van der Waals surface area contributed by atoms with Crippen LogP contribution in [0.1, 0.15) is 52.4 Å². The highest BCUT2D eigenvalue weighted by Crippen LogP contribution is 2.38. The third-order valence-corrected chi connectivity index (χ3v) is 5.35. The zero-order valence-corrected chi connectivity index (χ0v) is 14.3. The normalized spacial score (nSPS) is 20.1. The van der Waals surface area contributed by atoms with Crippen LogP contribution in [0.2, 0.25) is 0 Å². The van der Waals surface area contributed by atoms with Crippen molar-refractivity contribution in [1.29, 1.82) is 0 Å². The molecule has 1 saturated carbocycles. The van der Waals surface area contributed by atoms with Crippen LogP contribution in [0.4, 0.5) is 0 Å². The number of nitrogens with one attached hydrogen (secondary N) is 1. The maximum absolute atomic E-state index is 3.68. The third-order valence-electron chi connectivity index (χ3n) is 4.63. The Hall–Kier alpha value is 0.270. The number of thioether (sulfide) groups is 1. The molecule has 1 rings (SSSR count). The van der Waals surface area contributed by atoms with Crippen LogP contribution in [0, 0.1) is 5.41 Å². The largest absolute Gasteiger partial charge is 0.316 e. The molecule has 0 aromatic rings. The van der Waals surface area contributed by atoms with E-state index in [4.69, 9.17) is 0 Å². The molecule has 114 valence electrons. The number of hydrogen-bond donors (Lipinski definition) is 1. The van der Waals surface area contributed by atoms with Gasteiger partial charge in [0.25, 0.3) is 0 Å². The molecule has 0 bridgehead atoms. The zero-order valence-electron chi connectivity index (χ0n) is 13.5. The van der Waals surface area contributed by atoms with Gasteiger partial charge in [0.15, 0.2) is 0 Å². The summed E-state index contributed by atoms with van der Waals surface area (Å²) < 4.78 is 0. The van der Waals surface area contributed by atoms with Gasteiger partial charge in [-0.3, -0.25) is 0 Å². The van der Waals surface area contributed by atoms with Crippen LogP contribution in [0.15, 0.2) is 0 Å². The molecule has 1 unspecified atom stereocenters. The Kier molecular flexibility index (Phi) is 8.43. The van der Waals surface area contributed by atoms with Crippen molar-refractivity contribution in [3.8, 4) is 0 Å². The molecule has 1 aliphatic rings. The van der Waals surface area contributed by atoms with E-state index in [0.29, 0.717) is 5.41 Å². The summed E-state index contributed by atoms with van der Waals surface area (Å²) in [7, 11) is 2.34. The molecule has 0 spiro atoms. The summed E-state index contributed by atoms with van der Waals surface area (Å²) in [5, 5.41) is 3.68. The van der Waals surface area contributed by atoms with E-state index in [-0.39, 0.29) is 0 Å². The predicted molar refractivity (Wildman–Crippen MR) is 89.2 cm³/mol. The lowest BCUT2D eigenvalue weighted by Crippen LogP contribution is -2.45. The smallest absolute Gasteiger partial charge is 0.0180 e. The van der Waals surface area contributed by atoms with E-state index in [1.165, 1.54) is 63.9 Å². The Labute approximate surface area is 125 Å². The van der Waals surface area contributed by atoms with E-state index in [0.717, 1.165) is 6.04 Å². The molecule has 1 atom stereocenters. The highest BCUT2D eigenvalue weighted by Gasteiger charge is 2.35. The van der Waals surface area contributed by atoms with E-state index in [2.05, 4.69) is 37.4 Å². The minimum absolute atomic E-state index is 0.551. The highest BCUT2D eigenvalue weighted by atomic mass is 32.2. The van der Waals surface area contributed by atoms with E-state index in [9.17, 15) is 0 Å². The predicted octanol–water partition coefficient (Wildman–Crippen LogP) is 3.62. The molecule has 19 heavy (non-hydrogen) atoms. The first kappa shape index (κ1) is 17.3. The number of rotatable bonds is 10. The summed E-state index contributed by atoms with van der Waals surface area (Å²) in [6, 6.07) is 0.749. The van der Waals surface area contributed by atoms with Crippen LogP contribution in [0.25, 0.3) is 0 Å². The molecule has 0 aromatic carbocycles. The van der Waals surface area contributed by atoms with Gasteiger partial charge in [-0.2, -0.15) is 11.8 Å². The van der Waals surface area contributed by atoms with Gasteiger partial charge in [-0.25, -0.2) is 0 Å². The third kappa shape index (κ3) is 5.65. The fraction of sp³-hybridized carbons (Fsp3) is 1.00. The fourth-order valence-corrected chi connectivity index (χ4v) is 4.33. The zero-order chi connectivity index (χ0) is 14.1. The van der Waals surface area contributed by atoms with Gasteiger partial charge >= 0.3 is 0 Å². The molecule has 0 radical (unpaired) electrons. The summed E-state index contributed by atoms with van der Waals surface area (Å²) in [5.41, 5.74) is 0.551. The van der Waals surface area contributed by atoms with Gasteiger partial charge < -0.3 is 10.2 Å². The molecular weight excluding hydrogens is 252 g/mol. The van der Waals surface area contributed by atoms with Crippen molar-refractivity contribution in [2.75, 3.05) is 38.7 Å². The van der Waals surface area contributed by atoms with Crippen LogP contribution < -0.4 is 5.32 Å². The second-order valence-electron chi connectivity index (χ2n) is 6.32. The second kappa shape index (κ2) is 9.25. The lowest BCUT2D eigenvalue weighted by Gasteiger charge is -2.37. The van der Waals surface area contributed by atoms with Crippen molar-refractivity contribution in [3.63, 3.8) is 0 Å². The summed E-state index contributed by atoms with van der Waals surface area (Å²) in [6.45, 7) is 8.26. The molecule has 2 nitrogen and oxygen atoms in total. The van der Waals surface area contributed by atoms with E-state index in [1.54, 1.807) is 0 Å². The maximum Gasteiger partial charge on any atom is 0.0180 e. The summed E-state index contributed by atoms with van der Waals surface area (Å²) >= 11 is 1.98. The van der Waals surface area contributed by atoms with Crippen molar-refractivity contribution in [1.82, 2.24) is 10.2 Å². The Morgan fingerprint density at radius 2 is 1.95 bits per heavy atom. The number of hydrogen-bond acceptors (Lipinski definition) is 3. The molecule has 1 N–H and O–H groups in total. The Morgan fingerprint density at radius 1 is 1.26 bits per heavy atom. The van der Waals surface area contributed by atoms with Gasteiger partial charge in [0, 0.05) is 24.9 Å². The molecule has 3 heteroatoms. The van der Waals surface area contributed by atoms with Gasteiger partial charge in [-0.1, -0.05) is 26.7 Å². The first-order valence-electron chi connectivity index (χ1n) is 8.07. The summed E-state index contributed by atoms with van der Waals surface area (Å²) in [5.74, 6) is 1.27. The average molecular weight is 287 g/mol. The van der Waals surface area contributed by atoms with Crippen LogP contribution in [-0.4, -0.2) is 49.6 Å². The molecule has 1 fully saturated rings.